The van der Waals surface area contributed by atoms with Crippen molar-refractivity contribution in [2.75, 3.05) is 7.11 Å². The van der Waals surface area contributed by atoms with E-state index in [1.807, 2.05) is 0 Å². The molecular weight excluding hydrogens is 291 g/mol. The summed E-state index contributed by atoms with van der Waals surface area (Å²) in [5, 5.41) is 0. The average Bonchev–Trinajstić information content (AvgIpc) is 2.55. The van der Waals surface area contributed by atoms with Gasteiger partial charge in [0, 0.05) is 27.9 Å². The topological polar surface area (TPSA) is 43.4 Å². The van der Waals surface area contributed by atoms with Crippen molar-refractivity contribution < 1.29 is 18.7 Å². The minimum Gasteiger partial charge on any atom is -0.469 e. The second kappa shape index (κ2) is 4.56. The van der Waals surface area contributed by atoms with Gasteiger partial charge in [0.05, 0.1) is 13.5 Å². The van der Waals surface area contributed by atoms with Gasteiger partial charge in [0.1, 0.15) is 5.82 Å². The van der Waals surface area contributed by atoms with Gasteiger partial charge in [0.15, 0.2) is 5.78 Å². The normalized spacial score (nSPS) is 18.1. The van der Waals surface area contributed by atoms with E-state index in [1.54, 1.807) is 6.07 Å². The van der Waals surface area contributed by atoms with Crippen LogP contribution in [0.3, 0.4) is 0 Å². The third kappa shape index (κ3) is 2.24. The maximum Gasteiger partial charge on any atom is 0.306 e. The molecule has 1 aliphatic carbocycles. The van der Waals surface area contributed by atoms with Crippen LogP contribution in [0.15, 0.2) is 16.6 Å². The molecule has 0 unspecified atom stereocenters. The van der Waals surface area contributed by atoms with Crippen molar-refractivity contribution in [3.05, 3.63) is 33.5 Å². The number of esters is 1. The Morgan fingerprint density at radius 3 is 2.94 bits per heavy atom. The Kier molecular flexibility index (Phi) is 3.28. The smallest absolute Gasteiger partial charge is 0.306 e. The molecule has 1 aliphatic rings. The van der Waals surface area contributed by atoms with E-state index in [0.29, 0.717) is 15.6 Å². The summed E-state index contributed by atoms with van der Waals surface area (Å²) in [5.41, 5.74) is 0.703. The Hall–Kier alpha value is -1.23. The molecule has 0 bridgehead atoms. The molecule has 0 radical (unpaired) electrons. The van der Waals surface area contributed by atoms with Gasteiger partial charge in [0.25, 0.3) is 0 Å². The van der Waals surface area contributed by atoms with Gasteiger partial charge >= 0.3 is 5.97 Å². The van der Waals surface area contributed by atoms with Crippen molar-refractivity contribution in [2.24, 2.45) is 0 Å². The first kappa shape index (κ1) is 12.2. The number of carbonyl (C=O) groups is 2. The van der Waals surface area contributed by atoms with Crippen LogP contribution in [0.5, 0.6) is 0 Å². The number of benzene rings is 1. The third-order valence-electron chi connectivity index (χ3n) is 2.88. The highest BCUT2D eigenvalue weighted by atomic mass is 79.9. The molecule has 2 rings (SSSR count). The van der Waals surface area contributed by atoms with Crippen LogP contribution >= 0.6 is 15.9 Å². The molecule has 5 heteroatoms. The second-order valence-corrected chi connectivity index (χ2v) is 4.87. The fraction of sp³-hybridized carbons (Fsp3) is 0.333. The first-order valence-electron chi connectivity index (χ1n) is 5.12. The quantitative estimate of drug-likeness (QED) is 0.789. The molecule has 17 heavy (non-hydrogen) atoms. The highest BCUT2D eigenvalue weighted by Crippen LogP contribution is 2.38. The lowest BCUT2D eigenvalue weighted by Gasteiger charge is -2.10. The van der Waals surface area contributed by atoms with Gasteiger partial charge in [-0.05, 0) is 12.1 Å². The lowest BCUT2D eigenvalue weighted by molar-refractivity contribution is -0.141. The van der Waals surface area contributed by atoms with Crippen LogP contribution in [0, 0.1) is 5.82 Å². The number of halogens is 2. The van der Waals surface area contributed by atoms with E-state index in [4.69, 9.17) is 0 Å². The SMILES string of the molecule is COC(=O)C[C@@H]1CC(=O)c2cc(Br)cc(F)c21. The summed E-state index contributed by atoms with van der Waals surface area (Å²) in [4.78, 5) is 22.9. The van der Waals surface area contributed by atoms with Crippen molar-refractivity contribution >= 4 is 27.7 Å². The summed E-state index contributed by atoms with van der Waals surface area (Å²) >= 11 is 3.14. The number of fused-ring (bicyclic) bond motifs is 1. The maximum atomic E-state index is 13.8. The maximum absolute atomic E-state index is 13.8. The lowest BCUT2D eigenvalue weighted by atomic mass is 9.97. The molecule has 1 aromatic rings. The summed E-state index contributed by atoms with van der Waals surface area (Å²) in [6, 6.07) is 2.90. The van der Waals surface area contributed by atoms with Crippen molar-refractivity contribution in [3.8, 4) is 0 Å². The van der Waals surface area contributed by atoms with E-state index < -0.39 is 17.7 Å². The Balaban J connectivity index is 2.40. The van der Waals surface area contributed by atoms with Gasteiger partial charge < -0.3 is 4.74 Å². The number of ketones is 1. The minimum absolute atomic E-state index is 0.0355. The molecule has 1 aromatic carbocycles. The van der Waals surface area contributed by atoms with E-state index in [9.17, 15) is 14.0 Å². The number of carbonyl (C=O) groups excluding carboxylic acids is 2. The summed E-state index contributed by atoms with van der Waals surface area (Å²) < 4.78 is 18.9. The lowest BCUT2D eigenvalue weighted by Crippen LogP contribution is -2.07. The Morgan fingerprint density at radius 1 is 1.59 bits per heavy atom. The van der Waals surface area contributed by atoms with Crippen LogP contribution in [0.2, 0.25) is 0 Å². The fourth-order valence-electron chi connectivity index (χ4n) is 2.12. The van der Waals surface area contributed by atoms with Gasteiger partial charge in [0.2, 0.25) is 0 Å². The molecule has 0 N–H and O–H groups in total. The number of methoxy groups -OCH3 is 1. The van der Waals surface area contributed by atoms with Crippen LogP contribution in [-0.2, 0) is 9.53 Å². The predicted octanol–water partition coefficient (Wildman–Crippen LogP) is 2.82. The number of rotatable bonds is 2. The van der Waals surface area contributed by atoms with Gasteiger partial charge in [-0.2, -0.15) is 0 Å². The summed E-state index contributed by atoms with van der Waals surface area (Å²) in [7, 11) is 1.28. The van der Waals surface area contributed by atoms with E-state index in [2.05, 4.69) is 20.7 Å². The summed E-state index contributed by atoms with van der Waals surface area (Å²) in [5.74, 6) is -1.42. The zero-order valence-corrected chi connectivity index (χ0v) is 10.7. The first-order valence-corrected chi connectivity index (χ1v) is 5.91. The zero-order chi connectivity index (χ0) is 12.6. The van der Waals surface area contributed by atoms with Gasteiger partial charge in [-0.3, -0.25) is 9.59 Å². The Morgan fingerprint density at radius 2 is 2.29 bits per heavy atom. The first-order chi connectivity index (χ1) is 8.02. The Bertz CT molecular complexity index is 499. The predicted molar refractivity (Wildman–Crippen MR) is 62.4 cm³/mol. The second-order valence-electron chi connectivity index (χ2n) is 3.95. The van der Waals surface area contributed by atoms with Crippen molar-refractivity contribution in [1.82, 2.24) is 0 Å². The van der Waals surface area contributed by atoms with Crippen LogP contribution in [0.4, 0.5) is 4.39 Å². The van der Waals surface area contributed by atoms with Crippen molar-refractivity contribution in [3.63, 3.8) is 0 Å². The Labute approximate surface area is 106 Å². The molecule has 90 valence electrons. The van der Waals surface area contributed by atoms with E-state index in [-0.39, 0.29) is 18.6 Å². The molecule has 0 aliphatic heterocycles. The van der Waals surface area contributed by atoms with Crippen LogP contribution < -0.4 is 0 Å². The number of hydrogen-bond acceptors (Lipinski definition) is 3. The highest BCUT2D eigenvalue weighted by Gasteiger charge is 2.34. The molecule has 0 saturated carbocycles. The van der Waals surface area contributed by atoms with Gasteiger partial charge in [-0.25, -0.2) is 4.39 Å². The fourth-order valence-corrected chi connectivity index (χ4v) is 2.55. The molecule has 0 spiro atoms. The molecule has 3 nitrogen and oxygen atoms in total. The van der Waals surface area contributed by atoms with Crippen LogP contribution in [0.1, 0.15) is 34.7 Å². The van der Waals surface area contributed by atoms with Crippen molar-refractivity contribution in [2.45, 2.75) is 18.8 Å². The van der Waals surface area contributed by atoms with E-state index in [0.717, 1.165) is 0 Å². The number of ether oxygens (including phenoxy) is 1. The molecule has 0 saturated heterocycles. The zero-order valence-electron chi connectivity index (χ0n) is 9.13. The molecular formula is C12H10BrFO3. The molecule has 0 fully saturated rings. The minimum atomic E-state index is -0.450. The molecule has 0 heterocycles. The molecule has 0 aromatic heterocycles. The standard InChI is InChI=1S/C12H10BrFO3/c1-17-11(16)3-6-2-10(15)8-4-7(13)5-9(14)12(6)8/h4-6H,2-3H2,1H3/t6-/m0/s1. The van der Waals surface area contributed by atoms with E-state index in [1.165, 1.54) is 13.2 Å². The molecule has 0 amide bonds. The van der Waals surface area contributed by atoms with Gasteiger partial charge in [-0.15, -0.1) is 0 Å². The third-order valence-corrected chi connectivity index (χ3v) is 3.33. The summed E-state index contributed by atoms with van der Waals surface area (Å²) in [6.07, 6.45) is 0.200. The van der Waals surface area contributed by atoms with E-state index >= 15 is 0 Å². The number of hydrogen-bond donors (Lipinski definition) is 0. The van der Waals surface area contributed by atoms with Crippen molar-refractivity contribution in [1.29, 1.82) is 0 Å². The number of Topliss-reactive ketones (excluding diaryl/α,β-unsaturated/α-hetero) is 1. The molecule has 1 atom stereocenters. The van der Waals surface area contributed by atoms with Crippen LogP contribution in [-0.4, -0.2) is 18.9 Å². The monoisotopic (exact) mass is 300 g/mol. The largest absolute Gasteiger partial charge is 0.469 e. The van der Waals surface area contributed by atoms with Gasteiger partial charge in [-0.1, -0.05) is 15.9 Å². The summed E-state index contributed by atoms with van der Waals surface area (Å²) in [6.45, 7) is 0. The average molecular weight is 301 g/mol. The highest BCUT2D eigenvalue weighted by molar-refractivity contribution is 9.10. The van der Waals surface area contributed by atoms with Crippen LogP contribution in [0.25, 0.3) is 0 Å².